The van der Waals surface area contributed by atoms with E-state index < -0.39 is 0 Å². The standard InChI is InChI=1S/C12H12ClN3O/c1-14-12-15-6-5-10(16-12)8-3-4-9(13)11(7-8)17-2/h3-7H,1-2H3,(H,14,15,16). The lowest BCUT2D eigenvalue weighted by molar-refractivity contribution is 0.415. The van der Waals surface area contributed by atoms with Crippen LogP contribution in [0.25, 0.3) is 11.3 Å². The monoisotopic (exact) mass is 249 g/mol. The van der Waals surface area contributed by atoms with Crippen molar-refractivity contribution >= 4 is 17.5 Å². The first-order valence-corrected chi connectivity index (χ1v) is 5.47. The number of halogens is 1. The van der Waals surface area contributed by atoms with Gasteiger partial charge in [0.1, 0.15) is 5.75 Å². The van der Waals surface area contributed by atoms with Crippen LogP contribution >= 0.6 is 11.6 Å². The molecular weight excluding hydrogens is 238 g/mol. The molecule has 0 saturated carbocycles. The molecule has 1 N–H and O–H groups in total. The molecule has 0 aliphatic carbocycles. The predicted molar refractivity (Wildman–Crippen MR) is 68.6 cm³/mol. The fraction of sp³-hybridized carbons (Fsp3) is 0.167. The summed E-state index contributed by atoms with van der Waals surface area (Å²) in [6.45, 7) is 0. The average molecular weight is 250 g/mol. The van der Waals surface area contributed by atoms with E-state index in [9.17, 15) is 0 Å². The average Bonchev–Trinajstić information content (AvgIpc) is 2.39. The van der Waals surface area contributed by atoms with Crippen molar-refractivity contribution in [2.75, 3.05) is 19.5 Å². The van der Waals surface area contributed by atoms with Crippen molar-refractivity contribution in [2.24, 2.45) is 0 Å². The highest BCUT2D eigenvalue weighted by atomic mass is 35.5. The molecule has 0 fully saturated rings. The van der Waals surface area contributed by atoms with Crippen LogP contribution in [0.4, 0.5) is 5.95 Å². The highest BCUT2D eigenvalue weighted by Crippen LogP contribution is 2.29. The van der Waals surface area contributed by atoms with Crippen LogP contribution < -0.4 is 10.1 Å². The molecule has 88 valence electrons. The number of hydrogen-bond donors (Lipinski definition) is 1. The Morgan fingerprint density at radius 1 is 1.29 bits per heavy atom. The topological polar surface area (TPSA) is 47.0 Å². The van der Waals surface area contributed by atoms with Crippen LogP contribution in [-0.4, -0.2) is 24.1 Å². The Hall–Kier alpha value is -1.81. The normalized spacial score (nSPS) is 10.1. The number of nitrogens with one attached hydrogen (secondary N) is 1. The molecule has 2 rings (SSSR count). The SMILES string of the molecule is CNc1nccc(-c2ccc(Cl)c(OC)c2)n1. The number of ether oxygens (including phenoxy) is 1. The van der Waals surface area contributed by atoms with Crippen LogP contribution in [0.2, 0.25) is 5.02 Å². The van der Waals surface area contributed by atoms with Crippen LogP contribution in [0.5, 0.6) is 5.75 Å². The van der Waals surface area contributed by atoms with Gasteiger partial charge in [-0.05, 0) is 18.2 Å². The molecule has 0 saturated heterocycles. The maximum absolute atomic E-state index is 5.97. The van der Waals surface area contributed by atoms with Gasteiger partial charge in [0, 0.05) is 18.8 Å². The molecule has 1 aromatic heterocycles. The molecule has 1 heterocycles. The molecule has 2 aromatic rings. The Bertz CT molecular complexity index is 531. The van der Waals surface area contributed by atoms with E-state index in [4.69, 9.17) is 16.3 Å². The quantitative estimate of drug-likeness (QED) is 0.909. The van der Waals surface area contributed by atoms with E-state index in [1.165, 1.54) is 0 Å². The zero-order chi connectivity index (χ0) is 12.3. The van der Waals surface area contributed by atoms with E-state index in [-0.39, 0.29) is 0 Å². The van der Waals surface area contributed by atoms with Gasteiger partial charge in [0.05, 0.1) is 17.8 Å². The minimum Gasteiger partial charge on any atom is -0.495 e. The second kappa shape index (κ2) is 5.01. The summed E-state index contributed by atoms with van der Waals surface area (Å²) in [5.41, 5.74) is 1.75. The summed E-state index contributed by atoms with van der Waals surface area (Å²) < 4.78 is 5.17. The zero-order valence-electron chi connectivity index (χ0n) is 9.57. The van der Waals surface area contributed by atoms with Crippen molar-refractivity contribution < 1.29 is 4.74 Å². The number of methoxy groups -OCH3 is 1. The van der Waals surface area contributed by atoms with Gasteiger partial charge in [-0.3, -0.25) is 0 Å². The van der Waals surface area contributed by atoms with E-state index in [1.807, 2.05) is 18.2 Å². The van der Waals surface area contributed by atoms with Crippen LogP contribution in [0.1, 0.15) is 0 Å². The van der Waals surface area contributed by atoms with Crippen LogP contribution in [0.15, 0.2) is 30.5 Å². The summed E-state index contributed by atoms with van der Waals surface area (Å²) in [5, 5.41) is 3.48. The Balaban J connectivity index is 2.45. The third-order valence-electron chi connectivity index (χ3n) is 2.33. The molecular formula is C12H12ClN3O. The Labute approximate surface area is 105 Å². The maximum Gasteiger partial charge on any atom is 0.222 e. The van der Waals surface area contributed by atoms with Gasteiger partial charge in [-0.25, -0.2) is 9.97 Å². The summed E-state index contributed by atoms with van der Waals surface area (Å²) in [5.74, 6) is 1.21. The van der Waals surface area contributed by atoms with Crippen LogP contribution in [0, 0.1) is 0 Å². The smallest absolute Gasteiger partial charge is 0.222 e. The Morgan fingerprint density at radius 2 is 2.12 bits per heavy atom. The predicted octanol–water partition coefficient (Wildman–Crippen LogP) is 2.85. The zero-order valence-corrected chi connectivity index (χ0v) is 10.3. The molecule has 0 radical (unpaired) electrons. The summed E-state index contributed by atoms with van der Waals surface area (Å²) >= 11 is 5.97. The number of rotatable bonds is 3. The molecule has 0 atom stereocenters. The Morgan fingerprint density at radius 3 is 2.82 bits per heavy atom. The van der Waals surface area contributed by atoms with Gasteiger partial charge in [-0.1, -0.05) is 17.7 Å². The first-order chi connectivity index (χ1) is 8.24. The molecule has 0 amide bonds. The number of anilines is 1. The largest absolute Gasteiger partial charge is 0.495 e. The van der Waals surface area contributed by atoms with Gasteiger partial charge in [-0.15, -0.1) is 0 Å². The van der Waals surface area contributed by atoms with Gasteiger partial charge in [-0.2, -0.15) is 0 Å². The fourth-order valence-corrected chi connectivity index (χ4v) is 1.65. The molecule has 0 aliphatic rings. The second-order valence-corrected chi connectivity index (χ2v) is 3.77. The van der Waals surface area contributed by atoms with Crippen molar-refractivity contribution in [2.45, 2.75) is 0 Å². The first kappa shape index (κ1) is 11.7. The maximum atomic E-state index is 5.97. The number of aromatic nitrogens is 2. The van der Waals surface area contributed by atoms with Gasteiger partial charge in [0.25, 0.3) is 0 Å². The van der Waals surface area contributed by atoms with Crippen LogP contribution in [-0.2, 0) is 0 Å². The molecule has 0 unspecified atom stereocenters. The van der Waals surface area contributed by atoms with E-state index in [0.717, 1.165) is 11.3 Å². The van der Waals surface area contributed by atoms with Gasteiger partial charge in [0.2, 0.25) is 5.95 Å². The molecule has 1 aromatic carbocycles. The lowest BCUT2D eigenvalue weighted by Crippen LogP contribution is -1.96. The highest BCUT2D eigenvalue weighted by molar-refractivity contribution is 6.32. The fourth-order valence-electron chi connectivity index (χ4n) is 1.46. The highest BCUT2D eigenvalue weighted by Gasteiger charge is 2.05. The van der Waals surface area contributed by atoms with E-state index in [2.05, 4.69) is 15.3 Å². The molecule has 0 spiro atoms. The third kappa shape index (κ3) is 2.47. The van der Waals surface area contributed by atoms with Crippen molar-refractivity contribution in [3.63, 3.8) is 0 Å². The van der Waals surface area contributed by atoms with Crippen LogP contribution in [0.3, 0.4) is 0 Å². The van der Waals surface area contributed by atoms with E-state index in [1.54, 1.807) is 26.4 Å². The Kier molecular flexibility index (Phi) is 3.44. The summed E-state index contributed by atoms with van der Waals surface area (Å²) in [7, 11) is 3.37. The summed E-state index contributed by atoms with van der Waals surface area (Å²) in [4.78, 5) is 8.41. The lowest BCUT2D eigenvalue weighted by Gasteiger charge is -2.07. The second-order valence-electron chi connectivity index (χ2n) is 3.36. The van der Waals surface area contributed by atoms with Gasteiger partial charge >= 0.3 is 0 Å². The van der Waals surface area contributed by atoms with Gasteiger partial charge in [0.15, 0.2) is 0 Å². The van der Waals surface area contributed by atoms with Crippen molar-refractivity contribution in [3.8, 4) is 17.0 Å². The minimum atomic E-state index is 0.580. The summed E-state index contributed by atoms with van der Waals surface area (Å²) in [6, 6.07) is 7.37. The lowest BCUT2D eigenvalue weighted by atomic mass is 10.1. The third-order valence-corrected chi connectivity index (χ3v) is 2.64. The molecule has 17 heavy (non-hydrogen) atoms. The summed E-state index contributed by atoms with van der Waals surface area (Å²) in [6.07, 6.45) is 1.70. The molecule has 4 nitrogen and oxygen atoms in total. The molecule has 0 bridgehead atoms. The molecule has 5 heteroatoms. The van der Waals surface area contributed by atoms with Crippen molar-refractivity contribution in [1.29, 1.82) is 0 Å². The number of nitrogens with zero attached hydrogens (tertiary/aromatic N) is 2. The van der Waals surface area contributed by atoms with Crippen molar-refractivity contribution in [3.05, 3.63) is 35.5 Å². The first-order valence-electron chi connectivity index (χ1n) is 5.09. The van der Waals surface area contributed by atoms with Crippen molar-refractivity contribution in [1.82, 2.24) is 9.97 Å². The number of benzene rings is 1. The van der Waals surface area contributed by atoms with Gasteiger partial charge < -0.3 is 10.1 Å². The number of hydrogen-bond acceptors (Lipinski definition) is 4. The van der Waals surface area contributed by atoms with E-state index >= 15 is 0 Å². The van der Waals surface area contributed by atoms with E-state index in [0.29, 0.717) is 16.7 Å². The molecule has 0 aliphatic heterocycles. The minimum absolute atomic E-state index is 0.580.